The van der Waals surface area contributed by atoms with Crippen LogP contribution in [0.1, 0.15) is 56.3 Å². The summed E-state index contributed by atoms with van der Waals surface area (Å²) in [6.07, 6.45) is 4.93. The van der Waals surface area contributed by atoms with Gasteiger partial charge in [0.05, 0.1) is 25.5 Å². The maximum absolute atomic E-state index is 13.4. The Kier molecular flexibility index (Phi) is 5.39. The smallest absolute Gasteiger partial charge is 0.256 e. The van der Waals surface area contributed by atoms with Crippen LogP contribution in [-0.4, -0.2) is 43.0 Å². The third-order valence-corrected chi connectivity index (χ3v) is 5.39. The number of ether oxygens (including phenoxy) is 2. The number of hydrogen-bond acceptors (Lipinski definition) is 4. The number of anilines is 1. The van der Waals surface area contributed by atoms with Gasteiger partial charge in [-0.15, -0.1) is 0 Å². The molecule has 1 N–H and O–H groups in total. The van der Waals surface area contributed by atoms with Crippen molar-refractivity contribution in [1.29, 1.82) is 0 Å². The number of rotatable bonds is 5. The molecule has 6 heteroatoms. The summed E-state index contributed by atoms with van der Waals surface area (Å²) in [5.41, 5.74) is 0.951. The number of nitrogens with one attached hydrogen (secondary N) is 1. The Labute approximate surface area is 154 Å². The summed E-state index contributed by atoms with van der Waals surface area (Å²) in [5, 5.41) is 2.93. The van der Waals surface area contributed by atoms with E-state index in [1.54, 1.807) is 26.4 Å². The Balaban J connectivity index is 1.99. The number of piperidine rings is 1. The molecule has 1 aromatic carbocycles. The van der Waals surface area contributed by atoms with Gasteiger partial charge in [-0.2, -0.15) is 0 Å². The highest BCUT2D eigenvalue weighted by Crippen LogP contribution is 2.37. The molecule has 6 nitrogen and oxygen atoms in total. The van der Waals surface area contributed by atoms with E-state index >= 15 is 0 Å². The van der Waals surface area contributed by atoms with Crippen molar-refractivity contribution in [3.63, 3.8) is 0 Å². The number of carbonyl (C=O) groups excluding carboxylic acids is 2. The number of methoxy groups -OCH3 is 2. The number of hydrogen-bond donors (Lipinski definition) is 1. The molecule has 0 radical (unpaired) electrons. The Morgan fingerprint density at radius 1 is 1.00 bits per heavy atom. The van der Waals surface area contributed by atoms with Crippen LogP contribution in [0.2, 0.25) is 0 Å². The van der Waals surface area contributed by atoms with E-state index in [9.17, 15) is 9.59 Å². The van der Waals surface area contributed by atoms with Crippen LogP contribution in [-0.2, 0) is 4.79 Å². The zero-order chi connectivity index (χ0) is 18.8. The fourth-order valence-electron chi connectivity index (χ4n) is 3.70. The molecule has 142 valence electrons. The molecule has 1 heterocycles. The monoisotopic (exact) mass is 360 g/mol. The zero-order valence-corrected chi connectivity index (χ0v) is 16.0. The second-order valence-electron chi connectivity index (χ2n) is 7.36. The third kappa shape index (κ3) is 3.64. The lowest BCUT2D eigenvalue weighted by molar-refractivity contribution is -0.117. The van der Waals surface area contributed by atoms with Crippen molar-refractivity contribution in [2.75, 3.05) is 19.5 Å². The molecule has 2 atom stereocenters. The molecule has 1 saturated heterocycles. The van der Waals surface area contributed by atoms with Crippen molar-refractivity contribution >= 4 is 17.5 Å². The van der Waals surface area contributed by atoms with E-state index in [1.165, 1.54) is 0 Å². The molecule has 1 aliphatic heterocycles. The van der Waals surface area contributed by atoms with Gasteiger partial charge in [-0.3, -0.25) is 9.59 Å². The van der Waals surface area contributed by atoms with E-state index in [2.05, 4.69) is 19.2 Å². The van der Waals surface area contributed by atoms with Crippen LogP contribution in [0, 0.1) is 5.92 Å². The Morgan fingerprint density at radius 3 is 2.12 bits per heavy atom. The summed E-state index contributed by atoms with van der Waals surface area (Å²) in [4.78, 5) is 27.6. The van der Waals surface area contributed by atoms with Gasteiger partial charge in [-0.25, -0.2) is 0 Å². The van der Waals surface area contributed by atoms with Crippen molar-refractivity contribution in [3.05, 3.63) is 17.7 Å². The Hall–Kier alpha value is -2.24. The predicted molar refractivity (Wildman–Crippen MR) is 99.8 cm³/mol. The maximum Gasteiger partial charge on any atom is 0.256 e. The van der Waals surface area contributed by atoms with Crippen molar-refractivity contribution < 1.29 is 19.1 Å². The Bertz CT molecular complexity index is 689. The summed E-state index contributed by atoms with van der Waals surface area (Å²) in [6, 6.07) is 3.71. The van der Waals surface area contributed by atoms with Crippen molar-refractivity contribution in [1.82, 2.24) is 4.90 Å². The number of carbonyl (C=O) groups is 2. The zero-order valence-electron chi connectivity index (χ0n) is 16.0. The first-order valence-corrected chi connectivity index (χ1v) is 9.35. The van der Waals surface area contributed by atoms with Gasteiger partial charge < -0.3 is 19.7 Å². The van der Waals surface area contributed by atoms with Crippen molar-refractivity contribution in [2.24, 2.45) is 5.92 Å². The highest BCUT2D eigenvalue weighted by Gasteiger charge is 2.34. The summed E-state index contributed by atoms with van der Waals surface area (Å²) < 4.78 is 10.7. The summed E-state index contributed by atoms with van der Waals surface area (Å²) in [7, 11) is 3.08. The lowest BCUT2D eigenvalue weighted by Gasteiger charge is -2.39. The molecule has 3 rings (SSSR count). The maximum atomic E-state index is 13.4. The van der Waals surface area contributed by atoms with Gasteiger partial charge >= 0.3 is 0 Å². The molecule has 2 fully saturated rings. The largest absolute Gasteiger partial charge is 0.493 e. The highest BCUT2D eigenvalue weighted by molar-refractivity contribution is 6.05. The molecule has 0 spiro atoms. The summed E-state index contributed by atoms with van der Waals surface area (Å²) in [6.45, 7) is 4.16. The van der Waals surface area contributed by atoms with Crippen molar-refractivity contribution in [2.45, 2.75) is 58.0 Å². The SMILES string of the molecule is COc1cc(NC(=O)C2CC2)c(C(=O)N2C(C)CCCC2C)cc1OC. The van der Waals surface area contributed by atoms with E-state index in [4.69, 9.17) is 9.47 Å². The minimum Gasteiger partial charge on any atom is -0.493 e. The van der Waals surface area contributed by atoms with Crippen LogP contribution >= 0.6 is 0 Å². The van der Waals surface area contributed by atoms with Crippen LogP contribution in [0.15, 0.2) is 12.1 Å². The molecule has 1 aliphatic carbocycles. The van der Waals surface area contributed by atoms with Crippen LogP contribution in [0.25, 0.3) is 0 Å². The second-order valence-corrected chi connectivity index (χ2v) is 7.36. The molecule has 0 bridgehead atoms. The topological polar surface area (TPSA) is 67.9 Å². The number of nitrogens with zero attached hydrogens (tertiary/aromatic N) is 1. The van der Waals surface area contributed by atoms with Crippen LogP contribution in [0.4, 0.5) is 5.69 Å². The molecule has 0 aromatic heterocycles. The average molecular weight is 360 g/mol. The van der Waals surface area contributed by atoms with E-state index in [0.29, 0.717) is 22.7 Å². The standard InChI is InChI=1S/C20H28N2O4/c1-12-6-5-7-13(2)22(12)20(24)15-10-17(25-3)18(26-4)11-16(15)21-19(23)14-8-9-14/h10-14H,5-9H2,1-4H3,(H,21,23). The lowest BCUT2D eigenvalue weighted by atomic mass is 9.96. The van der Waals surface area contributed by atoms with E-state index in [0.717, 1.165) is 32.1 Å². The first-order valence-electron chi connectivity index (χ1n) is 9.35. The predicted octanol–water partition coefficient (Wildman–Crippen LogP) is 3.46. The molecule has 26 heavy (non-hydrogen) atoms. The number of amides is 2. The van der Waals surface area contributed by atoms with Gasteiger partial charge in [-0.05, 0) is 52.0 Å². The number of likely N-dealkylation sites (tertiary alicyclic amines) is 1. The summed E-state index contributed by atoms with van der Waals surface area (Å²) in [5.74, 6) is 0.925. The molecule has 2 amide bonds. The molecule has 2 unspecified atom stereocenters. The Morgan fingerprint density at radius 2 is 1.58 bits per heavy atom. The first kappa shape index (κ1) is 18.5. The third-order valence-electron chi connectivity index (χ3n) is 5.39. The fourth-order valence-corrected chi connectivity index (χ4v) is 3.70. The minimum absolute atomic E-state index is 0.0361. The molecule has 1 saturated carbocycles. The van der Waals surface area contributed by atoms with Gasteiger partial charge in [0.1, 0.15) is 0 Å². The molecule has 1 aromatic rings. The van der Waals surface area contributed by atoms with Gasteiger partial charge in [0.25, 0.3) is 5.91 Å². The van der Waals surface area contributed by atoms with Crippen LogP contribution in [0.3, 0.4) is 0 Å². The minimum atomic E-state index is -0.0725. The molecular weight excluding hydrogens is 332 g/mol. The van der Waals surface area contributed by atoms with Gasteiger partial charge in [0.15, 0.2) is 11.5 Å². The number of benzene rings is 1. The van der Waals surface area contributed by atoms with Gasteiger partial charge in [-0.1, -0.05) is 0 Å². The van der Waals surface area contributed by atoms with Crippen molar-refractivity contribution in [3.8, 4) is 11.5 Å². The van der Waals surface area contributed by atoms with Crippen LogP contribution in [0.5, 0.6) is 11.5 Å². The first-order chi connectivity index (χ1) is 12.5. The highest BCUT2D eigenvalue weighted by atomic mass is 16.5. The average Bonchev–Trinajstić information content (AvgIpc) is 3.46. The van der Waals surface area contributed by atoms with Crippen LogP contribution < -0.4 is 14.8 Å². The molecule has 2 aliphatic rings. The van der Waals surface area contributed by atoms with Gasteiger partial charge in [0.2, 0.25) is 5.91 Å². The second kappa shape index (κ2) is 7.56. The summed E-state index contributed by atoms with van der Waals surface area (Å²) >= 11 is 0. The quantitative estimate of drug-likeness (QED) is 0.873. The van der Waals surface area contributed by atoms with E-state index in [-0.39, 0.29) is 29.8 Å². The molecular formula is C20H28N2O4. The van der Waals surface area contributed by atoms with E-state index < -0.39 is 0 Å². The van der Waals surface area contributed by atoms with E-state index in [1.807, 2.05) is 4.90 Å². The van der Waals surface area contributed by atoms with Gasteiger partial charge in [0, 0.05) is 24.1 Å². The fraction of sp³-hybridized carbons (Fsp3) is 0.600. The normalized spacial score (nSPS) is 22.7. The lowest BCUT2D eigenvalue weighted by Crippen LogP contribution is -2.47.